The molecule has 0 saturated carbocycles. The molecule has 8 nitrogen and oxygen atoms in total. The highest BCUT2D eigenvalue weighted by Crippen LogP contribution is 2.24. The number of aromatic nitrogens is 4. The Morgan fingerprint density at radius 1 is 1.33 bits per heavy atom. The van der Waals surface area contributed by atoms with Crippen molar-refractivity contribution in [3.63, 3.8) is 0 Å². The van der Waals surface area contributed by atoms with Crippen LogP contribution in [0.3, 0.4) is 0 Å². The van der Waals surface area contributed by atoms with Crippen LogP contribution in [-0.2, 0) is 11.2 Å². The van der Waals surface area contributed by atoms with E-state index in [0.29, 0.717) is 36.4 Å². The Bertz CT molecular complexity index is 1010. The Labute approximate surface area is 155 Å². The number of nitrogens with one attached hydrogen (secondary N) is 1. The van der Waals surface area contributed by atoms with E-state index in [9.17, 15) is 9.59 Å². The Morgan fingerprint density at radius 3 is 2.93 bits per heavy atom. The van der Waals surface area contributed by atoms with Gasteiger partial charge in [-0.1, -0.05) is 30.3 Å². The van der Waals surface area contributed by atoms with Gasteiger partial charge in [0.1, 0.15) is 11.2 Å². The molecule has 1 aliphatic rings. The number of methoxy groups -OCH3 is 1. The lowest BCUT2D eigenvalue weighted by Gasteiger charge is -2.31. The van der Waals surface area contributed by atoms with Gasteiger partial charge in [0.15, 0.2) is 5.65 Å². The summed E-state index contributed by atoms with van der Waals surface area (Å²) in [7, 11) is 1.38. The maximum absolute atomic E-state index is 12.5. The van der Waals surface area contributed by atoms with Crippen LogP contribution in [0.25, 0.3) is 11.0 Å². The van der Waals surface area contributed by atoms with Crippen LogP contribution < -0.4 is 5.56 Å². The third-order valence-electron chi connectivity index (χ3n) is 4.90. The number of carbonyl (C=O) groups is 1. The minimum atomic E-state index is -0.341. The molecule has 1 aromatic carbocycles. The fourth-order valence-electron chi connectivity index (χ4n) is 3.57. The summed E-state index contributed by atoms with van der Waals surface area (Å²) in [5.41, 5.74) is 1.43. The van der Waals surface area contributed by atoms with Gasteiger partial charge >= 0.3 is 6.09 Å². The van der Waals surface area contributed by atoms with Crippen molar-refractivity contribution in [3.05, 3.63) is 58.3 Å². The topological polar surface area (TPSA) is 93.1 Å². The summed E-state index contributed by atoms with van der Waals surface area (Å²) in [5, 5.41) is 4.86. The molecule has 1 amide bonds. The number of aromatic amines is 1. The van der Waals surface area contributed by atoms with Gasteiger partial charge in [0.25, 0.3) is 5.56 Å². The second-order valence-corrected chi connectivity index (χ2v) is 6.71. The van der Waals surface area contributed by atoms with Gasteiger partial charge in [0.2, 0.25) is 0 Å². The number of rotatable bonds is 3. The van der Waals surface area contributed by atoms with Crippen LogP contribution >= 0.6 is 0 Å². The zero-order valence-corrected chi connectivity index (χ0v) is 15.1. The van der Waals surface area contributed by atoms with Crippen LogP contribution in [0.2, 0.25) is 0 Å². The number of carbonyl (C=O) groups excluding carboxylic acids is 1. The molecule has 1 aliphatic heterocycles. The fraction of sp³-hybridized carbons (Fsp3) is 0.368. The molecule has 1 unspecified atom stereocenters. The number of benzene rings is 1. The third-order valence-corrected chi connectivity index (χ3v) is 4.90. The molecule has 1 saturated heterocycles. The summed E-state index contributed by atoms with van der Waals surface area (Å²) in [6.45, 7) is 1.15. The molecule has 2 aromatic heterocycles. The van der Waals surface area contributed by atoms with E-state index in [2.05, 4.69) is 15.1 Å². The van der Waals surface area contributed by atoms with Gasteiger partial charge in [-0.05, 0) is 18.4 Å². The van der Waals surface area contributed by atoms with E-state index in [1.165, 1.54) is 7.11 Å². The standard InChI is InChI=1S/C19H21N5O3/c1-27-19(26)23-9-5-8-14(12-23)24-17-15(11-20-24)18(25)22-16(21-17)10-13-6-3-2-4-7-13/h2-4,6-7,11,14H,5,8-10,12H2,1H3,(H,21,22,25). The molecule has 0 radical (unpaired) electrons. The predicted octanol–water partition coefficient (Wildman–Crippen LogP) is 2.11. The number of ether oxygens (including phenoxy) is 1. The number of fused-ring (bicyclic) bond motifs is 1. The largest absolute Gasteiger partial charge is 0.453 e. The van der Waals surface area contributed by atoms with Gasteiger partial charge in [0.05, 0.1) is 19.3 Å². The Balaban J connectivity index is 1.67. The lowest BCUT2D eigenvalue weighted by molar-refractivity contribution is 0.102. The number of H-pyrrole nitrogens is 1. The third kappa shape index (κ3) is 3.42. The Hall–Kier alpha value is -3.16. The van der Waals surface area contributed by atoms with Crippen LogP contribution in [0.1, 0.15) is 30.3 Å². The van der Waals surface area contributed by atoms with Crippen molar-refractivity contribution in [1.82, 2.24) is 24.6 Å². The molecule has 140 valence electrons. The molecule has 4 rings (SSSR count). The minimum Gasteiger partial charge on any atom is -0.453 e. The van der Waals surface area contributed by atoms with E-state index in [0.717, 1.165) is 18.4 Å². The van der Waals surface area contributed by atoms with Crippen LogP contribution in [0.5, 0.6) is 0 Å². The van der Waals surface area contributed by atoms with Crippen molar-refractivity contribution in [1.29, 1.82) is 0 Å². The van der Waals surface area contributed by atoms with Gasteiger partial charge < -0.3 is 14.6 Å². The molecular formula is C19H21N5O3. The molecule has 0 bridgehead atoms. The van der Waals surface area contributed by atoms with E-state index >= 15 is 0 Å². The average molecular weight is 367 g/mol. The van der Waals surface area contributed by atoms with Gasteiger partial charge in [-0.25, -0.2) is 14.5 Å². The normalized spacial score (nSPS) is 17.2. The first kappa shape index (κ1) is 17.3. The summed E-state index contributed by atoms with van der Waals surface area (Å²) in [6.07, 6.45) is 3.46. The molecule has 0 aliphatic carbocycles. The number of hydrogen-bond acceptors (Lipinski definition) is 5. The molecular weight excluding hydrogens is 346 g/mol. The monoisotopic (exact) mass is 367 g/mol. The Kier molecular flexibility index (Phi) is 4.62. The van der Waals surface area contributed by atoms with Crippen molar-refractivity contribution in [2.45, 2.75) is 25.3 Å². The number of hydrogen-bond donors (Lipinski definition) is 1. The molecule has 1 fully saturated rings. The van der Waals surface area contributed by atoms with Crippen LogP contribution in [0.4, 0.5) is 4.79 Å². The first-order chi connectivity index (χ1) is 13.2. The lowest BCUT2D eigenvalue weighted by atomic mass is 10.1. The highest BCUT2D eigenvalue weighted by Gasteiger charge is 2.27. The van der Waals surface area contributed by atoms with Gasteiger partial charge in [0, 0.05) is 19.5 Å². The summed E-state index contributed by atoms with van der Waals surface area (Å²) in [4.78, 5) is 33.5. The first-order valence-electron chi connectivity index (χ1n) is 8.99. The maximum Gasteiger partial charge on any atom is 0.409 e. The van der Waals surface area contributed by atoms with Crippen molar-refractivity contribution in [2.75, 3.05) is 20.2 Å². The number of amides is 1. The summed E-state index contributed by atoms with van der Waals surface area (Å²) >= 11 is 0. The van der Waals surface area contributed by atoms with E-state index in [-0.39, 0.29) is 17.7 Å². The SMILES string of the molecule is COC(=O)N1CCCC(n2ncc3c(=O)[nH]c(Cc4ccccc4)nc32)C1. The molecule has 3 heterocycles. The zero-order chi connectivity index (χ0) is 18.8. The maximum atomic E-state index is 12.5. The van der Waals surface area contributed by atoms with E-state index in [1.54, 1.807) is 15.8 Å². The molecule has 1 atom stereocenters. The van der Waals surface area contributed by atoms with Crippen LogP contribution in [-0.4, -0.2) is 50.9 Å². The fourth-order valence-corrected chi connectivity index (χ4v) is 3.57. The van der Waals surface area contributed by atoms with Crippen LogP contribution in [0.15, 0.2) is 41.3 Å². The van der Waals surface area contributed by atoms with Gasteiger partial charge in [-0.3, -0.25) is 4.79 Å². The van der Waals surface area contributed by atoms with E-state index in [4.69, 9.17) is 4.74 Å². The second-order valence-electron chi connectivity index (χ2n) is 6.71. The van der Waals surface area contributed by atoms with Crippen molar-refractivity contribution in [3.8, 4) is 0 Å². The number of piperidine rings is 1. The van der Waals surface area contributed by atoms with Gasteiger partial charge in [-0.15, -0.1) is 0 Å². The van der Waals surface area contributed by atoms with Crippen molar-refractivity contribution >= 4 is 17.1 Å². The Morgan fingerprint density at radius 2 is 2.15 bits per heavy atom. The summed E-state index contributed by atoms with van der Waals surface area (Å²) in [6, 6.07) is 9.83. The first-order valence-corrected chi connectivity index (χ1v) is 8.99. The van der Waals surface area contributed by atoms with E-state index < -0.39 is 0 Å². The predicted molar refractivity (Wildman–Crippen MR) is 99.6 cm³/mol. The van der Waals surface area contributed by atoms with Crippen molar-refractivity contribution in [2.24, 2.45) is 0 Å². The summed E-state index contributed by atoms with van der Waals surface area (Å²) in [5.74, 6) is 0.598. The van der Waals surface area contributed by atoms with Crippen LogP contribution in [0, 0.1) is 0 Å². The smallest absolute Gasteiger partial charge is 0.409 e. The molecule has 0 spiro atoms. The quantitative estimate of drug-likeness (QED) is 0.765. The molecule has 27 heavy (non-hydrogen) atoms. The van der Waals surface area contributed by atoms with Gasteiger partial charge in [-0.2, -0.15) is 5.10 Å². The molecule has 8 heteroatoms. The second kappa shape index (κ2) is 7.22. The van der Waals surface area contributed by atoms with E-state index in [1.807, 2.05) is 30.3 Å². The lowest BCUT2D eigenvalue weighted by Crippen LogP contribution is -2.40. The average Bonchev–Trinajstić information content (AvgIpc) is 3.13. The molecule has 1 N–H and O–H groups in total. The zero-order valence-electron chi connectivity index (χ0n) is 15.1. The minimum absolute atomic E-state index is 0.0331. The van der Waals surface area contributed by atoms with Crippen molar-refractivity contribution < 1.29 is 9.53 Å². The summed E-state index contributed by atoms with van der Waals surface area (Å²) < 4.78 is 6.61. The molecule has 3 aromatic rings. The highest BCUT2D eigenvalue weighted by molar-refractivity contribution is 5.73. The number of nitrogens with zero attached hydrogens (tertiary/aromatic N) is 4. The number of likely N-dealkylation sites (tertiary alicyclic amines) is 1. The highest BCUT2D eigenvalue weighted by atomic mass is 16.5.